The summed E-state index contributed by atoms with van der Waals surface area (Å²) < 4.78 is 0.955. The Balaban J connectivity index is 2.28. The highest BCUT2D eigenvalue weighted by atomic mass is 79.9. The average Bonchev–Trinajstić information content (AvgIpc) is 2.39. The number of halogens is 3. The molecule has 20 heavy (non-hydrogen) atoms. The van der Waals surface area contributed by atoms with Gasteiger partial charge in [0.15, 0.2) is 0 Å². The van der Waals surface area contributed by atoms with Crippen LogP contribution in [0.3, 0.4) is 0 Å². The summed E-state index contributed by atoms with van der Waals surface area (Å²) in [5.41, 5.74) is 5.93. The van der Waals surface area contributed by atoms with Crippen LogP contribution in [0, 0.1) is 6.92 Å². The monoisotopic (exact) mass is 372 g/mol. The molecule has 0 saturated carbocycles. The first-order chi connectivity index (χ1) is 9.51. The van der Waals surface area contributed by atoms with Gasteiger partial charge in [0.1, 0.15) is 0 Å². The lowest BCUT2D eigenvalue weighted by Crippen LogP contribution is -2.29. The summed E-state index contributed by atoms with van der Waals surface area (Å²) in [6.45, 7) is 2.01. The Morgan fingerprint density at radius 1 is 1.15 bits per heavy atom. The average molecular weight is 374 g/mol. The van der Waals surface area contributed by atoms with E-state index in [2.05, 4.69) is 21.4 Å². The van der Waals surface area contributed by atoms with Gasteiger partial charge in [-0.1, -0.05) is 57.3 Å². The molecule has 0 heterocycles. The summed E-state index contributed by atoms with van der Waals surface area (Å²) in [5.74, 6) is 5.68. The molecule has 106 valence electrons. The second-order valence-corrected chi connectivity index (χ2v) is 6.41. The number of hydrogen-bond donors (Lipinski definition) is 2. The second-order valence-electron chi connectivity index (χ2n) is 4.68. The largest absolute Gasteiger partial charge is 0.271 e. The highest BCUT2D eigenvalue weighted by Gasteiger charge is 2.15. The SMILES string of the molecule is Cc1ccc(C(Cc2ccc(Br)cc2Cl)NN)c(Cl)c1. The molecular formula is C15H15BrCl2N2. The van der Waals surface area contributed by atoms with E-state index in [1.165, 1.54) is 0 Å². The molecule has 5 heteroatoms. The van der Waals surface area contributed by atoms with E-state index in [4.69, 9.17) is 29.0 Å². The van der Waals surface area contributed by atoms with Crippen molar-refractivity contribution in [1.82, 2.24) is 5.43 Å². The molecule has 2 aromatic carbocycles. The van der Waals surface area contributed by atoms with Crippen LogP contribution in [0.15, 0.2) is 40.9 Å². The van der Waals surface area contributed by atoms with Crippen LogP contribution in [0.1, 0.15) is 22.7 Å². The summed E-state index contributed by atoms with van der Waals surface area (Å²) in [6.07, 6.45) is 0.672. The Morgan fingerprint density at radius 3 is 2.50 bits per heavy atom. The summed E-state index contributed by atoms with van der Waals surface area (Å²) in [7, 11) is 0. The van der Waals surface area contributed by atoms with Crippen molar-refractivity contribution in [3.63, 3.8) is 0 Å². The number of rotatable bonds is 4. The summed E-state index contributed by atoms with van der Waals surface area (Å²) in [6, 6.07) is 11.7. The van der Waals surface area contributed by atoms with Gasteiger partial charge in [-0.2, -0.15) is 0 Å². The van der Waals surface area contributed by atoms with Gasteiger partial charge in [-0.05, 0) is 48.2 Å². The van der Waals surface area contributed by atoms with E-state index in [0.717, 1.165) is 21.2 Å². The van der Waals surface area contributed by atoms with Crippen LogP contribution in [0.2, 0.25) is 10.0 Å². The zero-order valence-corrected chi connectivity index (χ0v) is 14.1. The quantitative estimate of drug-likeness (QED) is 0.596. The fraction of sp³-hybridized carbons (Fsp3) is 0.200. The zero-order valence-electron chi connectivity index (χ0n) is 11.0. The van der Waals surface area contributed by atoms with Crippen molar-refractivity contribution in [3.8, 4) is 0 Å². The molecule has 0 amide bonds. The number of aryl methyl sites for hydroxylation is 1. The Morgan fingerprint density at radius 2 is 1.90 bits per heavy atom. The highest BCUT2D eigenvalue weighted by molar-refractivity contribution is 9.10. The van der Waals surface area contributed by atoms with Crippen LogP contribution in [0.5, 0.6) is 0 Å². The van der Waals surface area contributed by atoms with E-state index in [1.807, 2.05) is 43.3 Å². The molecule has 2 nitrogen and oxygen atoms in total. The summed E-state index contributed by atoms with van der Waals surface area (Å²) >= 11 is 15.9. The Labute approximate surface area is 137 Å². The zero-order chi connectivity index (χ0) is 14.7. The van der Waals surface area contributed by atoms with Crippen molar-refractivity contribution < 1.29 is 0 Å². The van der Waals surface area contributed by atoms with Gasteiger partial charge >= 0.3 is 0 Å². The number of hydrazine groups is 1. The molecule has 0 spiro atoms. The first-order valence-corrected chi connectivity index (χ1v) is 7.72. The molecule has 1 atom stereocenters. The lowest BCUT2D eigenvalue weighted by atomic mass is 9.98. The molecule has 0 aliphatic carbocycles. The van der Waals surface area contributed by atoms with Gasteiger partial charge in [-0.25, -0.2) is 0 Å². The molecule has 2 aromatic rings. The smallest absolute Gasteiger partial charge is 0.0515 e. The lowest BCUT2D eigenvalue weighted by Gasteiger charge is -2.19. The summed E-state index contributed by atoms with van der Waals surface area (Å²) in [4.78, 5) is 0. The van der Waals surface area contributed by atoms with Gasteiger partial charge < -0.3 is 0 Å². The van der Waals surface area contributed by atoms with E-state index in [-0.39, 0.29) is 6.04 Å². The van der Waals surface area contributed by atoms with Crippen LogP contribution in [-0.2, 0) is 6.42 Å². The molecule has 0 bridgehead atoms. The molecule has 0 fully saturated rings. The molecule has 3 N–H and O–H groups in total. The molecule has 2 rings (SSSR count). The maximum atomic E-state index is 6.30. The van der Waals surface area contributed by atoms with Crippen molar-refractivity contribution in [2.24, 2.45) is 5.84 Å². The van der Waals surface area contributed by atoms with Gasteiger partial charge in [0.2, 0.25) is 0 Å². The fourth-order valence-corrected chi connectivity index (χ4v) is 3.20. The first-order valence-electron chi connectivity index (χ1n) is 6.17. The normalized spacial score (nSPS) is 12.4. The first kappa shape index (κ1) is 15.8. The predicted octanol–water partition coefficient (Wildman–Crippen LogP) is 4.81. The minimum Gasteiger partial charge on any atom is -0.271 e. The minimum atomic E-state index is -0.0817. The van der Waals surface area contributed by atoms with Crippen LogP contribution < -0.4 is 11.3 Å². The van der Waals surface area contributed by atoms with Gasteiger partial charge in [0.05, 0.1) is 6.04 Å². The highest BCUT2D eigenvalue weighted by Crippen LogP contribution is 2.29. The third kappa shape index (κ3) is 3.74. The minimum absolute atomic E-state index is 0.0817. The molecule has 0 saturated heterocycles. The van der Waals surface area contributed by atoms with Gasteiger partial charge in [-0.15, -0.1) is 0 Å². The molecule has 0 aliphatic heterocycles. The van der Waals surface area contributed by atoms with E-state index in [9.17, 15) is 0 Å². The topological polar surface area (TPSA) is 38.0 Å². The summed E-state index contributed by atoms with van der Waals surface area (Å²) in [5, 5.41) is 1.42. The van der Waals surface area contributed by atoms with E-state index in [0.29, 0.717) is 16.5 Å². The Hall–Kier alpha value is -0.580. The van der Waals surface area contributed by atoms with Crippen molar-refractivity contribution >= 4 is 39.1 Å². The molecule has 0 aromatic heterocycles. The fourth-order valence-electron chi connectivity index (χ4n) is 2.08. The lowest BCUT2D eigenvalue weighted by molar-refractivity contribution is 0.552. The third-order valence-electron chi connectivity index (χ3n) is 3.17. The molecule has 0 aliphatic rings. The number of hydrogen-bond acceptors (Lipinski definition) is 2. The van der Waals surface area contributed by atoms with Crippen LogP contribution in [-0.4, -0.2) is 0 Å². The van der Waals surface area contributed by atoms with Gasteiger partial charge in [-0.3, -0.25) is 11.3 Å². The number of nitrogens with two attached hydrogens (primary N) is 1. The standard InChI is InChI=1S/C15H15BrCl2N2/c1-9-2-5-12(14(18)6-9)15(20-19)7-10-3-4-11(16)8-13(10)17/h2-6,8,15,20H,7,19H2,1H3. The van der Waals surface area contributed by atoms with Gasteiger partial charge in [0, 0.05) is 14.5 Å². The second kappa shape index (κ2) is 6.92. The van der Waals surface area contributed by atoms with Crippen molar-refractivity contribution in [2.75, 3.05) is 0 Å². The van der Waals surface area contributed by atoms with Crippen LogP contribution in [0.4, 0.5) is 0 Å². The van der Waals surface area contributed by atoms with E-state index < -0.39 is 0 Å². The predicted molar refractivity (Wildman–Crippen MR) is 89.1 cm³/mol. The van der Waals surface area contributed by atoms with Crippen LogP contribution >= 0.6 is 39.1 Å². The number of benzene rings is 2. The number of nitrogens with one attached hydrogen (secondary N) is 1. The molecule has 0 radical (unpaired) electrons. The van der Waals surface area contributed by atoms with Crippen LogP contribution in [0.25, 0.3) is 0 Å². The van der Waals surface area contributed by atoms with E-state index >= 15 is 0 Å². The van der Waals surface area contributed by atoms with E-state index in [1.54, 1.807) is 0 Å². The maximum Gasteiger partial charge on any atom is 0.0515 e. The van der Waals surface area contributed by atoms with Crippen molar-refractivity contribution in [1.29, 1.82) is 0 Å². The van der Waals surface area contributed by atoms with Crippen molar-refractivity contribution in [3.05, 3.63) is 67.6 Å². The molecular weight excluding hydrogens is 359 g/mol. The molecule has 1 unspecified atom stereocenters. The third-order valence-corrected chi connectivity index (χ3v) is 4.34. The van der Waals surface area contributed by atoms with Crippen molar-refractivity contribution in [2.45, 2.75) is 19.4 Å². The van der Waals surface area contributed by atoms with Gasteiger partial charge in [0.25, 0.3) is 0 Å². The Bertz CT molecular complexity index is 617. The Kier molecular flexibility index (Phi) is 5.47. The maximum absolute atomic E-state index is 6.30.